The van der Waals surface area contributed by atoms with E-state index in [1.54, 1.807) is 12.1 Å². The van der Waals surface area contributed by atoms with Gasteiger partial charge in [0.25, 0.3) is 5.91 Å². The topological polar surface area (TPSA) is 58.6 Å². The van der Waals surface area contributed by atoms with Crippen LogP contribution in [0.4, 0.5) is 5.69 Å². The van der Waals surface area contributed by atoms with E-state index in [0.717, 1.165) is 0 Å². The number of carbonyl (C=O) groups excluding carboxylic acids is 1. The van der Waals surface area contributed by atoms with Crippen molar-refractivity contribution in [2.75, 3.05) is 5.32 Å². The van der Waals surface area contributed by atoms with Crippen molar-refractivity contribution >= 4 is 11.6 Å². The zero-order chi connectivity index (χ0) is 15.1. The van der Waals surface area contributed by atoms with Crippen LogP contribution < -0.4 is 10.1 Å². The van der Waals surface area contributed by atoms with Crippen LogP contribution in [0, 0.1) is 0 Å². The predicted molar refractivity (Wildman–Crippen MR) is 82.1 cm³/mol. The lowest BCUT2D eigenvalue weighted by Gasteiger charge is -2.18. The summed E-state index contributed by atoms with van der Waals surface area (Å²) in [6.45, 7) is 1.78. The smallest absolute Gasteiger partial charge is 0.265 e. The number of carbonyl (C=O) groups is 1. The quantitative estimate of drug-likeness (QED) is 0.858. The number of amides is 1. The number of anilines is 1. The monoisotopic (exact) mass is 285 g/mol. The van der Waals surface area contributed by atoms with Crippen LogP contribution in [-0.2, 0) is 11.4 Å². The maximum atomic E-state index is 12.3. The summed E-state index contributed by atoms with van der Waals surface area (Å²) in [4.78, 5) is 12.3. The summed E-state index contributed by atoms with van der Waals surface area (Å²) >= 11 is 0. The minimum Gasteiger partial charge on any atom is -0.481 e. The van der Waals surface area contributed by atoms with Crippen LogP contribution in [0.25, 0.3) is 0 Å². The Balaban J connectivity index is 2.06. The Labute approximate surface area is 124 Å². The van der Waals surface area contributed by atoms with Gasteiger partial charge < -0.3 is 15.2 Å². The number of aliphatic hydroxyl groups excluding tert-OH is 1. The highest BCUT2D eigenvalue weighted by atomic mass is 16.5. The predicted octanol–water partition coefficient (Wildman–Crippen LogP) is 2.98. The van der Waals surface area contributed by atoms with Crippen molar-refractivity contribution in [1.29, 1.82) is 0 Å². The summed E-state index contributed by atoms with van der Waals surface area (Å²) in [5.41, 5.74) is 1.29. The Hall–Kier alpha value is -2.33. The number of hydrogen-bond acceptors (Lipinski definition) is 3. The molecule has 0 spiro atoms. The first-order valence-electron chi connectivity index (χ1n) is 6.96. The van der Waals surface area contributed by atoms with Crippen molar-refractivity contribution in [2.24, 2.45) is 0 Å². The molecule has 1 unspecified atom stereocenters. The van der Waals surface area contributed by atoms with Gasteiger partial charge in [0.15, 0.2) is 6.10 Å². The van der Waals surface area contributed by atoms with Gasteiger partial charge in [0.2, 0.25) is 0 Å². The van der Waals surface area contributed by atoms with E-state index < -0.39 is 6.10 Å². The third-order valence-corrected chi connectivity index (χ3v) is 3.13. The fraction of sp³-hybridized carbons (Fsp3) is 0.235. The third-order valence-electron chi connectivity index (χ3n) is 3.13. The largest absolute Gasteiger partial charge is 0.481 e. The first-order valence-corrected chi connectivity index (χ1v) is 6.96. The van der Waals surface area contributed by atoms with Crippen LogP contribution >= 0.6 is 0 Å². The Bertz CT molecular complexity index is 584. The molecule has 0 aliphatic heterocycles. The highest BCUT2D eigenvalue weighted by molar-refractivity contribution is 5.95. The summed E-state index contributed by atoms with van der Waals surface area (Å²) in [5.74, 6) is 0.442. The molecule has 2 aromatic rings. The molecule has 0 saturated carbocycles. The molecule has 2 N–H and O–H groups in total. The standard InChI is InChI=1S/C17H19NO3/c1-2-16(21-14-9-4-3-5-10-14)17(20)18-15-11-7-6-8-13(15)12-19/h3-11,16,19H,2,12H2,1H3,(H,18,20). The average Bonchev–Trinajstić information content (AvgIpc) is 2.54. The zero-order valence-electron chi connectivity index (χ0n) is 12.0. The Morgan fingerprint density at radius 1 is 1.14 bits per heavy atom. The summed E-state index contributed by atoms with van der Waals surface area (Å²) in [7, 11) is 0. The van der Waals surface area contributed by atoms with Crippen molar-refractivity contribution < 1.29 is 14.6 Å². The second-order valence-corrected chi connectivity index (χ2v) is 4.63. The van der Waals surface area contributed by atoms with E-state index >= 15 is 0 Å². The molecule has 4 nitrogen and oxygen atoms in total. The van der Waals surface area contributed by atoms with E-state index in [9.17, 15) is 9.90 Å². The summed E-state index contributed by atoms with van der Waals surface area (Å²) in [5, 5.41) is 12.1. The molecule has 0 radical (unpaired) electrons. The molecule has 1 amide bonds. The molecule has 1 atom stereocenters. The lowest BCUT2D eigenvalue weighted by Crippen LogP contribution is -2.32. The van der Waals surface area contributed by atoms with E-state index in [4.69, 9.17) is 4.74 Å². The van der Waals surface area contributed by atoms with Gasteiger partial charge >= 0.3 is 0 Å². The number of benzene rings is 2. The fourth-order valence-corrected chi connectivity index (χ4v) is 1.98. The molecular formula is C17H19NO3. The Kier molecular flexibility index (Phi) is 5.35. The number of rotatable bonds is 6. The van der Waals surface area contributed by atoms with Gasteiger partial charge in [0.05, 0.1) is 6.61 Å². The molecular weight excluding hydrogens is 266 g/mol. The molecule has 0 saturated heterocycles. The van der Waals surface area contributed by atoms with E-state index in [2.05, 4.69) is 5.32 Å². The summed E-state index contributed by atoms with van der Waals surface area (Å²) in [6.07, 6.45) is -0.0127. The molecule has 2 rings (SSSR count). The second-order valence-electron chi connectivity index (χ2n) is 4.63. The van der Waals surface area contributed by atoms with Crippen molar-refractivity contribution in [1.82, 2.24) is 0 Å². The van der Waals surface area contributed by atoms with E-state index in [1.807, 2.05) is 49.4 Å². The Morgan fingerprint density at radius 3 is 2.48 bits per heavy atom. The van der Waals surface area contributed by atoms with Crippen molar-refractivity contribution in [3.8, 4) is 5.75 Å². The second kappa shape index (κ2) is 7.45. The van der Waals surface area contributed by atoms with E-state index in [1.165, 1.54) is 0 Å². The number of hydrogen-bond donors (Lipinski definition) is 2. The van der Waals surface area contributed by atoms with Crippen LogP contribution in [0.3, 0.4) is 0 Å². The molecule has 110 valence electrons. The van der Waals surface area contributed by atoms with Crippen LogP contribution in [0.1, 0.15) is 18.9 Å². The molecule has 0 bridgehead atoms. The molecule has 4 heteroatoms. The van der Waals surface area contributed by atoms with Crippen LogP contribution in [0.2, 0.25) is 0 Å². The first-order chi connectivity index (χ1) is 10.2. The van der Waals surface area contributed by atoms with Crippen molar-refractivity contribution in [3.05, 3.63) is 60.2 Å². The van der Waals surface area contributed by atoms with E-state index in [-0.39, 0.29) is 12.5 Å². The molecule has 0 heterocycles. The van der Waals surface area contributed by atoms with Crippen molar-refractivity contribution in [3.63, 3.8) is 0 Å². The summed E-state index contributed by atoms with van der Waals surface area (Å²) < 4.78 is 5.70. The number of nitrogens with one attached hydrogen (secondary N) is 1. The SMILES string of the molecule is CCC(Oc1ccccc1)C(=O)Nc1ccccc1CO. The molecule has 0 aliphatic carbocycles. The van der Waals surface area contributed by atoms with Gasteiger partial charge in [-0.3, -0.25) is 4.79 Å². The Morgan fingerprint density at radius 2 is 1.81 bits per heavy atom. The number of para-hydroxylation sites is 2. The maximum absolute atomic E-state index is 12.3. The van der Waals surface area contributed by atoms with Gasteiger partial charge in [-0.25, -0.2) is 0 Å². The fourth-order valence-electron chi connectivity index (χ4n) is 1.98. The highest BCUT2D eigenvalue weighted by Crippen LogP contribution is 2.17. The van der Waals surface area contributed by atoms with Crippen LogP contribution in [0.15, 0.2) is 54.6 Å². The van der Waals surface area contributed by atoms with Gasteiger partial charge in [-0.1, -0.05) is 43.3 Å². The highest BCUT2D eigenvalue weighted by Gasteiger charge is 2.19. The minimum absolute atomic E-state index is 0.118. The molecule has 0 fully saturated rings. The molecule has 0 aromatic heterocycles. The van der Waals surface area contributed by atoms with Crippen LogP contribution in [0.5, 0.6) is 5.75 Å². The molecule has 0 aliphatic rings. The van der Waals surface area contributed by atoms with E-state index in [0.29, 0.717) is 23.4 Å². The van der Waals surface area contributed by atoms with Gasteiger partial charge in [0.1, 0.15) is 5.75 Å². The number of aliphatic hydroxyl groups is 1. The van der Waals surface area contributed by atoms with Crippen LogP contribution in [-0.4, -0.2) is 17.1 Å². The lowest BCUT2D eigenvalue weighted by atomic mass is 10.1. The van der Waals surface area contributed by atoms with Crippen molar-refractivity contribution in [2.45, 2.75) is 26.1 Å². The normalized spacial score (nSPS) is 11.7. The van der Waals surface area contributed by atoms with Gasteiger partial charge in [-0.2, -0.15) is 0 Å². The van der Waals surface area contributed by atoms with Gasteiger partial charge in [-0.15, -0.1) is 0 Å². The zero-order valence-corrected chi connectivity index (χ0v) is 12.0. The van der Waals surface area contributed by atoms with Gasteiger partial charge in [-0.05, 0) is 24.6 Å². The lowest BCUT2D eigenvalue weighted by molar-refractivity contribution is -0.122. The average molecular weight is 285 g/mol. The van der Waals surface area contributed by atoms with Gasteiger partial charge in [0, 0.05) is 11.3 Å². The molecule has 2 aromatic carbocycles. The minimum atomic E-state index is -0.570. The number of ether oxygens (including phenoxy) is 1. The summed E-state index contributed by atoms with van der Waals surface area (Å²) in [6, 6.07) is 16.4. The molecule has 21 heavy (non-hydrogen) atoms. The third kappa shape index (κ3) is 4.07. The first kappa shape index (κ1) is 15.1. The maximum Gasteiger partial charge on any atom is 0.265 e.